The van der Waals surface area contributed by atoms with Gasteiger partial charge in [-0.1, -0.05) is 43.8 Å². The maximum atomic E-state index is 12.8. The normalized spacial score (nSPS) is 16.4. The third kappa shape index (κ3) is 3.96. The van der Waals surface area contributed by atoms with Crippen LogP contribution in [0.4, 0.5) is 0 Å². The van der Waals surface area contributed by atoms with Crippen LogP contribution in [0, 0.1) is 5.92 Å². The summed E-state index contributed by atoms with van der Waals surface area (Å²) in [6, 6.07) is 9.83. The van der Waals surface area contributed by atoms with Crippen molar-refractivity contribution in [2.45, 2.75) is 24.3 Å². The summed E-state index contributed by atoms with van der Waals surface area (Å²) in [5.74, 6) is 0.350. The van der Waals surface area contributed by atoms with E-state index in [0.29, 0.717) is 31.5 Å². The van der Waals surface area contributed by atoms with E-state index in [1.54, 1.807) is 11.0 Å². The molecule has 6 nitrogen and oxygen atoms in total. The molecule has 1 aliphatic heterocycles. The summed E-state index contributed by atoms with van der Waals surface area (Å²) < 4.78 is 7.07. The van der Waals surface area contributed by atoms with Gasteiger partial charge in [-0.05, 0) is 18.1 Å². The van der Waals surface area contributed by atoms with Gasteiger partial charge in [0.1, 0.15) is 6.33 Å². The van der Waals surface area contributed by atoms with Crippen molar-refractivity contribution in [3.05, 3.63) is 36.7 Å². The summed E-state index contributed by atoms with van der Waals surface area (Å²) in [5, 5.41) is 4.94. The van der Waals surface area contributed by atoms with E-state index in [9.17, 15) is 4.79 Å². The number of thioether (sulfide) groups is 1. The van der Waals surface area contributed by atoms with Crippen LogP contribution in [0.3, 0.4) is 0 Å². The molecule has 1 aliphatic rings. The number of carbonyl (C=O) groups excluding carboxylic acids is 1. The van der Waals surface area contributed by atoms with E-state index < -0.39 is 0 Å². The van der Waals surface area contributed by atoms with Crippen molar-refractivity contribution in [2.75, 3.05) is 26.3 Å². The molecule has 1 amide bonds. The predicted molar refractivity (Wildman–Crippen MR) is 93.2 cm³/mol. The lowest BCUT2D eigenvalue weighted by atomic mass is 10.1. The largest absolute Gasteiger partial charge is 0.378 e. The van der Waals surface area contributed by atoms with Crippen molar-refractivity contribution >= 4 is 17.7 Å². The van der Waals surface area contributed by atoms with Gasteiger partial charge in [0.15, 0.2) is 0 Å². The minimum atomic E-state index is -0.185. The standard InChI is InChI=1S/C17H22N4O2S/c1-13(2)15(16(22)20-8-10-23-11-9-20)24-17-18-12-21(19-17)14-6-4-3-5-7-14/h3-7,12-13,15H,8-11H2,1-2H3. The Kier molecular flexibility index (Phi) is 5.52. The first-order chi connectivity index (χ1) is 11.6. The fourth-order valence-corrected chi connectivity index (χ4v) is 3.55. The maximum Gasteiger partial charge on any atom is 0.236 e. The van der Waals surface area contributed by atoms with Gasteiger partial charge in [-0.2, -0.15) is 0 Å². The Morgan fingerprint density at radius 1 is 1.21 bits per heavy atom. The second-order valence-corrected chi connectivity index (χ2v) is 7.14. The van der Waals surface area contributed by atoms with Crippen LogP contribution in [0.25, 0.3) is 5.69 Å². The lowest BCUT2D eigenvalue weighted by molar-refractivity contribution is -0.135. The van der Waals surface area contributed by atoms with Crippen molar-refractivity contribution in [3.8, 4) is 5.69 Å². The summed E-state index contributed by atoms with van der Waals surface area (Å²) in [7, 11) is 0. The summed E-state index contributed by atoms with van der Waals surface area (Å²) in [4.78, 5) is 19.1. The van der Waals surface area contributed by atoms with Crippen LogP contribution >= 0.6 is 11.8 Å². The Morgan fingerprint density at radius 2 is 1.92 bits per heavy atom. The summed E-state index contributed by atoms with van der Waals surface area (Å²) in [6.07, 6.45) is 1.69. The van der Waals surface area contributed by atoms with E-state index in [1.807, 2.05) is 35.2 Å². The zero-order chi connectivity index (χ0) is 16.9. The van der Waals surface area contributed by atoms with Crippen LogP contribution in [-0.2, 0) is 9.53 Å². The molecular weight excluding hydrogens is 324 g/mol. The summed E-state index contributed by atoms with van der Waals surface area (Å²) in [6.45, 7) is 6.67. The van der Waals surface area contributed by atoms with Gasteiger partial charge in [-0.25, -0.2) is 9.67 Å². The molecule has 128 valence electrons. The highest BCUT2D eigenvalue weighted by molar-refractivity contribution is 8.00. The highest BCUT2D eigenvalue weighted by Gasteiger charge is 2.30. The van der Waals surface area contributed by atoms with Gasteiger partial charge in [-0.15, -0.1) is 5.10 Å². The molecule has 0 saturated carbocycles. The number of para-hydroxylation sites is 1. The first-order valence-electron chi connectivity index (χ1n) is 8.15. The third-order valence-corrected chi connectivity index (χ3v) is 5.29. The number of hydrogen-bond donors (Lipinski definition) is 0. The fourth-order valence-electron chi connectivity index (χ4n) is 2.56. The zero-order valence-corrected chi connectivity index (χ0v) is 14.8. The number of morpholine rings is 1. The number of hydrogen-bond acceptors (Lipinski definition) is 5. The zero-order valence-electron chi connectivity index (χ0n) is 14.0. The van der Waals surface area contributed by atoms with E-state index in [-0.39, 0.29) is 17.1 Å². The Hall–Kier alpha value is -1.86. The third-order valence-electron chi connectivity index (χ3n) is 3.90. The van der Waals surface area contributed by atoms with Crippen molar-refractivity contribution in [3.63, 3.8) is 0 Å². The SMILES string of the molecule is CC(C)C(Sc1ncn(-c2ccccc2)n1)C(=O)N1CCOCC1. The quantitative estimate of drug-likeness (QED) is 0.777. The number of amides is 1. The number of carbonyl (C=O) groups is 1. The van der Waals surface area contributed by atoms with E-state index in [4.69, 9.17) is 4.74 Å². The predicted octanol–water partition coefficient (Wildman–Crippen LogP) is 2.24. The van der Waals surface area contributed by atoms with Gasteiger partial charge < -0.3 is 9.64 Å². The molecule has 0 spiro atoms. The highest BCUT2D eigenvalue weighted by atomic mass is 32.2. The molecule has 2 aromatic rings. The maximum absolute atomic E-state index is 12.8. The molecule has 0 radical (unpaired) electrons. The number of benzene rings is 1. The Labute approximate surface area is 146 Å². The average Bonchev–Trinajstić information content (AvgIpc) is 3.09. The molecule has 1 aromatic heterocycles. The van der Waals surface area contributed by atoms with E-state index in [2.05, 4.69) is 23.9 Å². The van der Waals surface area contributed by atoms with Gasteiger partial charge in [-0.3, -0.25) is 4.79 Å². The number of nitrogens with zero attached hydrogens (tertiary/aromatic N) is 4. The van der Waals surface area contributed by atoms with E-state index in [1.165, 1.54) is 11.8 Å². The van der Waals surface area contributed by atoms with Gasteiger partial charge in [0.25, 0.3) is 0 Å². The molecular formula is C17H22N4O2S. The molecule has 1 fully saturated rings. The Balaban J connectivity index is 1.72. The monoisotopic (exact) mass is 346 g/mol. The van der Waals surface area contributed by atoms with E-state index >= 15 is 0 Å². The van der Waals surface area contributed by atoms with Gasteiger partial charge >= 0.3 is 0 Å². The van der Waals surface area contributed by atoms with Crippen LogP contribution in [0.15, 0.2) is 41.8 Å². The first kappa shape index (κ1) is 17.0. The molecule has 0 N–H and O–H groups in total. The smallest absolute Gasteiger partial charge is 0.236 e. The second kappa shape index (κ2) is 7.81. The topological polar surface area (TPSA) is 60.2 Å². The number of aromatic nitrogens is 3. The van der Waals surface area contributed by atoms with Gasteiger partial charge in [0, 0.05) is 13.1 Å². The van der Waals surface area contributed by atoms with Crippen LogP contribution in [0.1, 0.15) is 13.8 Å². The van der Waals surface area contributed by atoms with E-state index in [0.717, 1.165) is 5.69 Å². The fraction of sp³-hybridized carbons (Fsp3) is 0.471. The molecule has 1 unspecified atom stereocenters. The molecule has 1 saturated heterocycles. The molecule has 1 aromatic carbocycles. The van der Waals surface area contributed by atoms with Crippen molar-refractivity contribution < 1.29 is 9.53 Å². The van der Waals surface area contributed by atoms with Crippen LogP contribution in [0.2, 0.25) is 0 Å². The van der Waals surface area contributed by atoms with Crippen molar-refractivity contribution in [2.24, 2.45) is 5.92 Å². The summed E-state index contributed by atoms with van der Waals surface area (Å²) >= 11 is 1.44. The highest BCUT2D eigenvalue weighted by Crippen LogP contribution is 2.27. The Bertz CT molecular complexity index is 668. The van der Waals surface area contributed by atoms with Gasteiger partial charge in [0.05, 0.1) is 24.2 Å². The lowest BCUT2D eigenvalue weighted by Crippen LogP contribution is -2.46. The minimum absolute atomic E-state index is 0.148. The average molecular weight is 346 g/mol. The molecule has 7 heteroatoms. The number of ether oxygens (including phenoxy) is 1. The molecule has 24 heavy (non-hydrogen) atoms. The first-order valence-corrected chi connectivity index (χ1v) is 9.03. The lowest BCUT2D eigenvalue weighted by Gasteiger charge is -2.31. The van der Waals surface area contributed by atoms with Crippen molar-refractivity contribution in [1.82, 2.24) is 19.7 Å². The Morgan fingerprint density at radius 3 is 2.58 bits per heavy atom. The van der Waals surface area contributed by atoms with Crippen LogP contribution in [0.5, 0.6) is 0 Å². The minimum Gasteiger partial charge on any atom is -0.378 e. The molecule has 2 heterocycles. The second-order valence-electron chi connectivity index (χ2n) is 6.03. The molecule has 0 aliphatic carbocycles. The number of rotatable bonds is 5. The van der Waals surface area contributed by atoms with Gasteiger partial charge in [0.2, 0.25) is 11.1 Å². The van der Waals surface area contributed by atoms with Crippen LogP contribution < -0.4 is 0 Å². The molecule has 3 rings (SSSR count). The molecule has 0 bridgehead atoms. The van der Waals surface area contributed by atoms with Crippen LogP contribution in [-0.4, -0.2) is 57.1 Å². The molecule has 1 atom stereocenters. The van der Waals surface area contributed by atoms with Crippen molar-refractivity contribution in [1.29, 1.82) is 0 Å². The summed E-state index contributed by atoms with van der Waals surface area (Å²) in [5.41, 5.74) is 0.956.